The maximum Gasteiger partial charge on any atom is 0.213 e. The third-order valence-electron chi connectivity index (χ3n) is 7.95. The summed E-state index contributed by atoms with van der Waals surface area (Å²) in [5.74, 6) is 0.652. The molecule has 37 heavy (non-hydrogen) atoms. The fourth-order valence-corrected chi connectivity index (χ4v) is 6.08. The molecule has 5 nitrogen and oxygen atoms in total. The molecular weight excluding hydrogens is 484 g/mol. The number of nitrogens with zero attached hydrogens (tertiary/aromatic N) is 2. The predicted octanol–water partition coefficient (Wildman–Crippen LogP) is 7.17. The highest BCUT2D eigenvalue weighted by molar-refractivity contribution is 6.35. The Balaban J connectivity index is 1.04. The molecule has 0 amide bonds. The summed E-state index contributed by atoms with van der Waals surface area (Å²) in [6.07, 6.45) is 15.4. The first-order valence-electron chi connectivity index (χ1n) is 14.0. The Labute approximate surface area is 225 Å². The lowest BCUT2D eigenvalue weighted by atomic mass is 9.83. The SMILES string of the molecule is [2H][C@]1(CC2CCCO2)C=CC=CC1CN1CCC(c2cccc(OCc3ccc(Cl)c4ccoc34)n2)CC1. The zero-order valence-corrected chi connectivity index (χ0v) is 21.9. The Bertz CT molecular complexity index is 1310. The van der Waals surface area contributed by atoms with Crippen molar-refractivity contribution in [2.75, 3.05) is 26.2 Å². The molecule has 6 rings (SSSR count). The van der Waals surface area contributed by atoms with Crippen molar-refractivity contribution in [3.8, 4) is 5.88 Å². The Morgan fingerprint density at radius 2 is 1.97 bits per heavy atom. The molecule has 0 saturated carbocycles. The highest BCUT2D eigenvalue weighted by Crippen LogP contribution is 2.33. The van der Waals surface area contributed by atoms with Crippen LogP contribution in [0.5, 0.6) is 5.88 Å². The molecule has 2 unspecified atom stereocenters. The zero-order valence-electron chi connectivity index (χ0n) is 22.2. The zero-order chi connectivity index (χ0) is 26.0. The van der Waals surface area contributed by atoms with Crippen LogP contribution in [-0.4, -0.2) is 42.2 Å². The van der Waals surface area contributed by atoms with Gasteiger partial charge in [-0.3, -0.25) is 0 Å². The number of rotatable bonds is 8. The third-order valence-corrected chi connectivity index (χ3v) is 8.28. The number of allylic oxidation sites excluding steroid dienone is 3. The average Bonchev–Trinajstić information content (AvgIpc) is 3.63. The van der Waals surface area contributed by atoms with Crippen LogP contribution in [0.15, 0.2) is 71.4 Å². The summed E-state index contributed by atoms with van der Waals surface area (Å²) in [6.45, 7) is 4.17. The number of likely N-dealkylation sites (tertiary alicyclic amines) is 1. The minimum absolute atomic E-state index is 0.191. The van der Waals surface area contributed by atoms with Gasteiger partial charge in [-0.15, -0.1) is 0 Å². The molecule has 4 heterocycles. The van der Waals surface area contributed by atoms with E-state index in [1.165, 1.54) is 0 Å². The van der Waals surface area contributed by atoms with E-state index in [0.29, 0.717) is 23.4 Å². The number of piperidine rings is 1. The van der Waals surface area contributed by atoms with E-state index in [4.69, 9.17) is 30.5 Å². The van der Waals surface area contributed by atoms with Gasteiger partial charge in [0.1, 0.15) is 12.2 Å². The molecule has 3 atom stereocenters. The van der Waals surface area contributed by atoms with Gasteiger partial charge in [0.25, 0.3) is 0 Å². The monoisotopic (exact) mass is 519 g/mol. The van der Waals surface area contributed by atoms with Crippen molar-refractivity contribution in [1.29, 1.82) is 0 Å². The van der Waals surface area contributed by atoms with Crippen molar-refractivity contribution in [2.45, 2.75) is 50.7 Å². The van der Waals surface area contributed by atoms with E-state index in [-0.39, 0.29) is 12.0 Å². The average molecular weight is 520 g/mol. The van der Waals surface area contributed by atoms with Crippen LogP contribution in [0.1, 0.15) is 50.7 Å². The number of ether oxygens (including phenoxy) is 2. The highest BCUT2D eigenvalue weighted by Gasteiger charge is 2.29. The van der Waals surface area contributed by atoms with Gasteiger partial charge in [-0.25, -0.2) is 4.98 Å². The van der Waals surface area contributed by atoms with Crippen LogP contribution >= 0.6 is 11.6 Å². The van der Waals surface area contributed by atoms with Crippen LogP contribution in [0.4, 0.5) is 0 Å². The van der Waals surface area contributed by atoms with Gasteiger partial charge in [-0.1, -0.05) is 48.0 Å². The first-order chi connectivity index (χ1) is 18.6. The van der Waals surface area contributed by atoms with E-state index in [9.17, 15) is 1.37 Å². The number of benzene rings is 1. The van der Waals surface area contributed by atoms with Gasteiger partial charge in [-0.05, 0) is 75.2 Å². The second-order valence-corrected chi connectivity index (χ2v) is 10.8. The summed E-state index contributed by atoms with van der Waals surface area (Å²) in [5, 5.41) is 1.58. The predicted molar refractivity (Wildman–Crippen MR) is 147 cm³/mol. The summed E-state index contributed by atoms with van der Waals surface area (Å²) < 4.78 is 26.8. The number of furan rings is 1. The minimum Gasteiger partial charge on any atom is -0.473 e. The molecule has 2 aromatic heterocycles. The summed E-state index contributed by atoms with van der Waals surface area (Å²) >= 11 is 6.27. The topological polar surface area (TPSA) is 47.7 Å². The van der Waals surface area contributed by atoms with Crippen molar-refractivity contribution in [3.63, 3.8) is 0 Å². The number of halogens is 1. The van der Waals surface area contributed by atoms with E-state index in [2.05, 4.69) is 29.2 Å². The fraction of sp³-hybridized carbons (Fsp3) is 0.452. The molecular formula is C31H35ClN2O3. The lowest BCUT2D eigenvalue weighted by Crippen LogP contribution is -2.38. The summed E-state index contributed by atoms with van der Waals surface area (Å²) in [4.78, 5) is 7.38. The van der Waals surface area contributed by atoms with Crippen molar-refractivity contribution >= 4 is 22.6 Å². The molecule has 3 aliphatic rings. The van der Waals surface area contributed by atoms with Gasteiger partial charge in [0, 0.05) is 43.2 Å². The summed E-state index contributed by atoms with van der Waals surface area (Å²) in [6, 6.07) is 11.8. The first-order valence-corrected chi connectivity index (χ1v) is 13.9. The van der Waals surface area contributed by atoms with Crippen LogP contribution < -0.4 is 4.74 Å². The molecule has 2 aliphatic heterocycles. The van der Waals surface area contributed by atoms with Crippen molar-refractivity contribution in [2.24, 2.45) is 11.8 Å². The Kier molecular flexibility index (Phi) is 7.26. The summed E-state index contributed by atoms with van der Waals surface area (Å²) in [5.41, 5.74) is 2.80. The maximum atomic E-state index is 9.23. The van der Waals surface area contributed by atoms with Crippen LogP contribution in [0.25, 0.3) is 11.0 Å². The van der Waals surface area contributed by atoms with Gasteiger partial charge in [-0.2, -0.15) is 0 Å². The third kappa shape index (κ3) is 5.79. The molecule has 194 valence electrons. The number of hydrogen-bond acceptors (Lipinski definition) is 5. The van der Waals surface area contributed by atoms with E-state index in [0.717, 1.165) is 80.6 Å². The number of fused-ring (bicyclic) bond motifs is 1. The Hall–Kier alpha value is -2.60. The molecule has 0 N–H and O–H groups in total. The van der Waals surface area contributed by atoms with E-state index in [1.807, 2.05) is 36.4 Å². The van der Waals surface area contributed by atoms with E-state index < -0.39 is 5.89 Å². The first kappa shape index (κ1) is 23.5. The van der Waals surface area contributed by atoms with Crippen LogP contribution in [0, 0.1) is 11.8 Å². The molecule has 1 aliphatic carbocycles. The molecule has 3 aromatic rings. The molecule has 0 bridgehead atoms. The largest absolute Gasteiger partial charge is 0.473 e. The van der Waals surface area contributed by atoms with Crippen molar-refractivity contribution in [1.82, 2.24) is 9.88 Å². The van der Waals surface area contributed by atoms with Crippen LogP contribution in [-0.2, 0) is 11.3 Å². The Morgan fingerprint density at radius 1 is 1.08 bits per heavy atom. The number of hydrogen-bond donors (Lipinski definition) is 0. The lowest BCUT2D eigenvalue weighted by molar-refractivity contribution is 0.0847. The van der Waals surface area contributed by atoms with Gasteiger partial charge >= 0.3 is 0 Å². The normalized spacial score (nSPS) is 27.1. The van der Waals surface area contributed by atoms with Crippen molar-refractivity contribution in [3.05, 3.63) is 83.2 Å². The quantitative estimate of drug-likeness (QED) is 0.316. The smallest absolute Gasteiger partial charge is 0.213 e. The molecule has 0 spiro atoms. The maximum absolute atomic E-state index is 9.23. The standard InChI is InChI=1S/C31H35ClN2O3/c32-28-11-10-25(31-27(28)14-18-36-31)21-37-30-9-3-8-29(33-30)22-12-15-34(16-13-22)20-24-6-2-1-5-23(24)19-26-7-4-17-35-26/h1-3,5-6,8-11,14,18,22-24,26H,4,7,12-13,15-17,19-21H2/t23-,24?,26?/m1/s1/i23D. The van der Waals surface area contributed by atoms with Gasteiger partial charge in [0.2, 0.25) is 5.88 Å². The lowest BCUT2D eigenvalue weighted by Gasteiger charge is -2.36. The molecule has 1 aromatic carbocycles. The second-order valence-electron chi connectivity index (χ2n) is 10.4. The van der Waals surface area contributed by atoms with Crippen molar-refractivity contribution < 1.29 is 15.3 Å². The number of aromatic nitrogens is 1. The molecule has 6 heteroatoms. The van der Waals surface area contributed by atoms with Gasteiger partial charge in [0.15, 0.2) is 0 Å². The second kappa shape index (κ2) is 11.4. The fourth-order valence-electron chi connectivity index (χ4n) is 5.87. The van der Waals surface area contributed by atoms with Crippen LogP contribution in [0.2, 0.25) is 5.02 Å². The van der Waals surface area contributed by atoms with Gasteiger partial charge < -0.3 is 18.8 Å². The summed E-state index contributed by atoms with van der Waals surface area (Å²) in [7, 11) is 0. The highest BCUT2D eigenvalue weighted by atomic mass is 35.5. The van der Waals surface area contributed by atoms with E-state index in [1.54, 1.807) is 6.26 Å². The minimum atomic E-state index is -0.584. The molecule has 0 radical (unpaired) electrons. The van der Waals surface area contributed by atoms with Gasteiger partial charge in [0.05, 0.1) is 17.4 Å². The Morgan fingerprint density at radius 3 is 2.84 bits per heavy atom. The van der Waals surface area contributed by atoms with E-state index >= 15 is 0 Å². The number of pyridine rings is 1. The molecule has 2 fully saturated rings. The van der Waals surface area contributed by atoms with Crippen LogP contribution in [0.3, 0.4) is 0 Å². The molecule has 2 saturated heterocycles.